The predicted octanol–water partition coefficient (Wildman–Crippen LogP) is 5.53. The number of halogens is 1. The minimum atomic E-state index is -0.567. The van der Waals surface area contributed by atoms with Gasteiger partial charge in [0.15, 0.2) is 0 Å². The predicted molar refractivity (Wildman–Crippen MR) is 99.1 cm³/mol. The first-order valence-electron chi connectivity index (χ1n) is 8.32. The van der Waals surface area contributed by atoms with Gasteiger partial charge < -0.3 is 10.2 Å². The van der Waals surface area contributed by atoms with Crippen LogP contribution < -0.4 is 0 Å². The first-order valence-corrected chi connectivity index (χ1v) is 8.32. The Morgan fingerprint density at radius 1 is 1.04 bits per heavy atom. The van der Waals surface area contributed by atoms with E-state index in [4.69, 9.17) is 0 Å². The monoisotopic (exact) mass is 341 g/mol. The average molecular weight is 341 g/mol. The standard InChI is InChI=1S/C21H24FNO2/c1-14(2)5-4-6-15(3)7-9-18-19(24)11-17(12-20(18)25)16-8-10-21(22)23-13-16/h5,7-8,10-13,24-25H,4,6,9H2,1-3H3/b15-7+. The first kappa shape index (κ1) is 18.7. The van der Waals surface area contributed by atoms with Crippen molar-refractivity contribution in [1.82, 2.24) is 4.98 Å². The van der Waals surface area contributed by atoms with Gasteiger partial charge in [-0.25, -0.2) is 4.98 Å². The minimum Gasteiger partial charge on any atom is -0.507 e. The van der Waals surface area contributed by atoms with E-state index in [0.717, 1.165) is 12.8 Å². The Bertz CT molecular complexity index is 765. The van der Waals surface area contributed by atoms with Crippen LogP contribution in [0.4, 0.5) is 4.39 Å². The molecule has 1 aromatic carbocycles. The molecule has 0 saturated heterocycles. The molecule has 132 valence electrons. The van der Waals surface area contributed by atoms with Crippen molar-refractivity contribution >= 4 is 0 Å². The molecule has 0 unspecified atom stereocenters. The molecule has 2 rings (SSSR count). The summed E-state index contributed by atoms with van der Waals surface area (Å²) in [6.07, 6.45) is 7.98. The van der Waals surface area contributed by atoms with Crippen molar-refractivity contribution in [2.24, 2.45) is 0 Å². The van der Waals surface area contributed by atoms with E-state index >= 15 is 0 Å². The van der Waals surface area contributed by atoms with Crippen molar-refractivity contribution in [2.45, 2.75) is 40.0 Å². The summed E-state index contributed by atoms with van der Waals surface area (Å²) < 4.78 is 12.9. The molecule has 0 aliphatic rings. The molecule has 3 nitrogen and oxygen atoms in total. The lowest BCUT2D eigenvalue weighted by Gasteiger charge is -2.09. The first-order chi connectivity index (χ1) is 11.9. The van der Waals surface area contributed by atoms with Crippen LogP contribution in [0.25, 0.3) is 11.1 Å². The van der Waals surface area contributed by atoms with Crippen molar-refractivity contribution in [3.05, 3.63) is 65.3 Å². The summed E-state index contributed by atoms with van der Waals surface area (Å²) in [7, 11) is 0. The SMILES string of the molecule is CC(C)=CCC/C(C)=C/Cc1c(O)cc(-c2ccc(F)nc2)cc1O. The van der Waals surface area contributed by atoms with E-state index < -0.39 is 5.95 Å². The van der Waals surface area contributed by atoms with E-state index in [-0.39, 0.29) is 11.5 Å². The molecule has 25 heavy (non-hydrogen) atoms. The van der Waals surface area contributed by atoms with Crippen molar-refractivity contribution < 1.29 is 14.6 Å². The van der Waals surface area contributed by atoms with E-state index in [2.05, 4.69) is 24.9 Å². The Balaban J connectivity index is 2.14. The number of benzene rings is 1. The number of hydrogen-bond acceptors (Lipinski definition) is 3. The van der Waals surface area contributed by atoms with Gasteiger partial charge in [-0.3, -0.25) is 0 Å². The van der Waals surface area contributed by atoms with Gasteiger partial charge in [-0.1, -0.05) is 23.3 Å². The Labute approximate surface area is 148 Å². The molecular weight excluding hydrogens is 317 g/mol. The number of phenols is 2. The molecule has 0 aliphatic heterocycles. The number of allylic oxidation sites excluding steroid dienone is 4. The van der Waals surface area contributed by atoms with Crippen molar-refractivity contribution in [3.8, 4) is 22.6 Å². The summed E-state index contributed by atoms with van der Waals surface area (Å²) in [4.78, 5) is 3.59. The van der Waals surface area contributed by atoms with Crippen LogP contribution in [0, 0.1) is 5.95 Å². The highest BCUT2D eigenvalue weighted by Gasteiger charge is 2.10. The van der Waals surface area contributed by atoms with Gasteiger partial charge in [0.1, 0.15) is 11.5 Å². The second-order valence-corrected chi connectivity index (χ2v) is 6.44. The lowest BCUT2D eigenvalue weighted by atomic mass is 10.0. The van der Waals surface area contributed by atoms with Gasteiger partial charge in [-0.2, -0.15) is 4.39 Å². The number of nitrogens with zero attached hydrogens (tertiary/aromatic N) is 1. The number of hydrogen-bond donors (Lipinski definition) is 2. The lowest BCUT2D eigenvalue weighted by Crippen LogP contribution is -1.89. The summed E-state index contributed by atoms with van der Waals surface area (Å²) in [5.41, 5.74) is 4.22. The molecule has 2 N–H and O–H groups in total. The molecule has 4 heteroatoms. The summed E-state index contributed by atoms with van der Waals surface area (Å²) in [5.74, 6) is -0.525. The summed E-state index contributed by atoms with van der Waals surface area (Å²) in [6, 6.07) is 5.94. The van der Waals surface area contributed by atoms with Crippen molar-refractivity contribution in [1.29, 1.82) is 0 Å². The minimum absolute atomic E-state index is 0.0210. The third-order valence-corrected chi connectivity index (χ3v) is 4.01. The van der Waals surface area contributed by atoms with Gasteiger partial charge in [-0.05, 0) is 69.9 Å². The van der Waals surface area contributed by atoms with Crippen molar-refractivity contribution in [3.63, 3.8) is 0 Å². The molecule has 0 amide bonds. The Kier molecular flexibility index (Phi) is 6.34. The largest absolute Gasteiger partial charge is 0.507 e. The highest BCUT2D eigenvalue weighted by atomic mass is 19.1. The fraction of sp³-hybridized carbons (Fsp3) is 0.286. The van der Waals surface area contributed by atoms with E-state index in [1.165, 1.54) is 23.4 Å². The fourth-order valence-corrected chi connectivity index (χ4v) is 2.53. The molecular formula is C21H24FNO2. The normalized spacial score (nSPS) is 11.4. The maximum absolute atomic E-state index is 12.9. The van der Waals surface area contributed by atoms with Gasteiger partial charge in [0.2, 0.25) is 5.95 Å². The smallest absolute Gasteiger partial charge is 0.212 e. The maximum atomic E-state index is 12.9. The van der Waals surface area contributed by atoms with Crippen LogP contribution in [0.5, 0.6) is 11.5 Å². The fourth-order valence-electron chi connectivity index (χ4n) is 2.53. The van der Waals surface area contributed by atoms with Gasteiger partial charge in [0.25, 0.3) is 0 Å². The highest BCUT2D eigenvalue weighted by Crippen LogP contribution is 2.34. The van der Waals surface area contributed by atoms with Crippen LogP contribution in [0.15, 0.2) is 53.8 Å². The Hall–Kier alpha value is -2.62. The number of aromatic hydroxyl groups is 2. The average Bonchev–Trinajstić information content (AvgIpc) is 2.54. The maximum Gasteiger partial charge on any atom is 0.212 e. The van der Waals surface area contributed by atoms with Crippen LogP contribution in [0.1, 0.15) is 39.2 Å². The molecule has 0 atom stereocenters. The third kappa shape index (κ3) is 5.45. The van der Waals surface area contributed by atoms with Crippen LogP contribution in [-0.2, 0) is 6.42 Å². The van der Waals surface area contributed by atoms with E-state index in [1.54, 1.807) is 18.2 Å². The topological polar surface area (TPSA) is 53.4 Å². The molecule has 0 spiro atoms. The van der Waals surface area contributed by atoms with Gasteiger partial charge in [0, 0.05) is 17.3 Å². The van der Waals surface area contributed by atoms with Gasteiger partial charge in [0.05, 0.1) is 0 Å². The van der Waals surface area contributed by atoms with Crippen LogP contribution in [0.2, 0.25) is 0 Å². The number of aromatic nitrogens is 1. The zero-order valence-corrected chi connectivity index (χ0v) is 14.9. The molecule has 1 heterocycles. The third-order valence-electron chi connectivity index (χ3n) is 4.01. The molecule has 0 radical (unpaired) electrons. The summed E-state index contributed by atoms with van der Waals surface area (Å²) in [5, 5.41) is 20.5. The zero-order chi connectivity index (χ0) is 18.4. The summed E-state index contributed by atoms with van der Waals surface area (Å²) >= 11 is 0. The molecule has 0 saturated carbocycles. The van der Waals surface area contributed by atoms with Crippen LogP contribution >= 0.6 is 0 Å². The molecule has 0 bridgehead atoms. The zero-order valence-electron chi connectivity index (χ0n) is 14.9. The Morgan fingerprint density at radius 3 is 2.28 bits per heavy atom. The van der Waals surface area contributed by atoms with E-state index in [1.807, 2.05) is 13.0 Å². The number of pyridine rings is 1. The van der Waals surface area contributed by atoms with Gasteiger partial charge >= 0.3 is 0 Å². The molecule has 2 aromatic rings. The van der Waals surface area contributed by atoms with E-state index in [0.29, 0.717) is 23.1 Å². The summed E-state index contributed by atoms with van der Waals surface area (Å²) in [6.45, 7) is 6.20. The second-order valence-electron chi connectivity index (χ2n) is 6.44. The van der Waals surface area contributed by atoms with Crippen LogP contribution in [-0.4, -0.2) is 15.2 Å². The Morgan fingerprint density at radius 2 is 1.72 bits per heavy atom. The molecule has 0 aliphatic carbocycles. The molecule has 1 aromatic heterocycles. The van der Waals surface area contributed by atoms with E-state index in [9.17, 15) is 14.6 Å². The van der Waals surface area contributed by atoms with Gasteiger partial charge in [-0.15, -0.1) is 0 Å². The van der Waals surface area contributed by atoms with Crippen molar-refractivity contribution in [2.75, 3.05) is 0 Å². The lowest BCUT2D eigenvalue weighted by molar-refractivity contribution is 0.441. The number of phenolic OH excluding ortho intramolecular Hbond substituents is 2. The quantitative estimate of drug-likeness (QED) is 0.536. The van der Waals surface area contributed by atoms with Crippen LogP contribution in [0.3, 0.4) is 0 Å². The second kappa shape index (κ2) is 8.47. The molecule has 0 fully saturated rings. The number of rotatable bonds is 6. The highest BCUT2D eigenvalue weighted by molar-refractivity contribution is 5.68.